The molecule has 0 amide bonds. The predicted molar refractivity (Wildman–Crippen MR) is 55.2 cm³/mol. The Morgan fingerprint density at radius 3 is 2.76 bits per heavy atom. The molecule has 2 heterocycles. The zero-order chi connectivity index (χ0) is 11.4. The van der Waals surface area contributed by atoms with Gasteiger partial charge in [0.2, 0.25) is 5.78 Å². The number of carbonyl (C=O) groups is 1. The smallest absolute Gasteiger partial charge is 0.287 e. The lowest BCUT2D eigenvalue weighted by Gasteiger charge is -1.96. The summed E-state index contributed by atoms with van der Waals surface area (Å²) in [7, 11) is 0. The Morgan fingerprint density at radius 1 is 1.06 bits per heavy atom. The number of rotatable bonds is 0. The second kappa shape index (κ2) is 2.70. The summed E-state index contributed by atoms with van der Waals surface area (Å²) in [5.41, 5.74) is 2.24. The van der Waals surface area contributed by atoms with Crippen LogP contribution >= 0.6 is 0 Å². The van der Waals surface area contributed by atoms with Gasteiger partial charge in [-0.15, -0.1) is 5.10 Å². The van der Waals surface area contributed by atoms with Gasteiger partial charge in [-0.25, -0.2) is 4.98 Å². The molecule has 0 N–H and O–H groups in total. The van der Waals surface area contributed by atoms with Crippen molar-refractivity contribution in [2.24, 2.45) is 0 Å². The van der Waals surface area contributed by atoms with Crippen LogP contribution in [0.2, 0.25) is 0 Å². The van der Waals surface area contributed by atoms with Crippen LogP contribution in [0.25, 0.3) is 17.0 Å². The fourth-order valence-electron chi connectivity index (χ4n) is 1.96. The predicted octanol–water partition coefficient (Wildman–Crippen LogP) is 0.126. The molecule has 1 aliphatic rings. The summed E-state index contributed by atoms with van der Waals surface area (Å²) in [6, 6.07) is 7.26. The molecule has 0 atom stereocenters. The first kappa shape index (κ1) is 8.45. The van der Waals surface area contributed by atoms with E-state index >= 15 is 0 Å². The van der Waals surface area contributed by atoms with Crippen LogP contribution in [0.3, 0.4) is 0 Å². The van der Waals surface area contributed by atoms with E-state index in [0.29, 0.717) is 17.0 Å². The van der Waals surface area contributed by atoms with Crippen molar-refractivity contribution in [1.82, 2.24) is 30.2 Å². The lowest BCUT2D eigenvalue weighted by molar-refractivity contribution is 0.103. The Bertz CT molecular complexity index is 777. The second-order valence-electron chi connectivity index (χ2n) is 3.65. The van der Waals surface area contributed by atoms with E-state index in [4.69, 9.17) is 0 Å². The van der Waals surface area contributed by atoms with Gasteiger partial charge in [-0.2, -0.15) is 0 Å². The van der Waals surface area contributed by atoms with Gasteiger partial charge in [-0.05, 0) is 10.4 Å². The average molecular weight is 224 g/mol. The highest BCUT2D eigenvalue weighted by Crippen LogP contribution is 2.32. The number of benzene rings is 1. The Morgan fingerprint density at radius 2 is 1.88 bits per heavy atom. The van der Waals surface area contributed by atoms with Gasteiger partial charge in [0, 0.05) is 11.1 Å². The maximum Gasteiger partial charge on any atom is 0.292 e. The Balaban J connectivity index is 2.16. The Kier molecular flexibility index (Phi) is 1.34. The van der Waals surface area contributed by atoms with Crippen LogP contribution < -0.4 is 0 Å². The third-order valence-corrected chi connectivity index (χ3v) is 2.71. The summed E-state index contributed by atoms with van der Waals surface area (Å²) in [6.07, 6.45) is 0. The second-order valence-corrected chi connectivity index (χ2v) is 3.65. The molecule has 0 bridgehead atoms. The summed E-state index contributed by atoms with van der Waals surface area (Å²) in [5.74, 6) is 0.0958. The van der Waals surface area contributed by atoms with Gasteiger partial charge in [0.1, 0.15) is 11.4 Å². The summed E-state index contributed by atoms with van der Waals surface area (Å²) < 4.78 is 1.22. The molecule has 4 rings (SSSR count). The first-order valence-corrected chi connectivity index (χ1v) is 4.95. The van der Waals surface area contributed by atoms with Gasteiger partial charge in [0.15, 0.2) is 0 Å². The number of fused-ring (bicyclic) bond motifs is 4. The molecule has 2 aromatic heterocycles. The fourth-order valence-corrected chi connectivity index (χ4v) is 1.96. The molecular weight excluding hydrogens is 220 g/mol. The highest BCUT2D eigenvalue weighted by molar-refractivity contribution is 6.19. The van der Waals surface area contributed by atoms with E-state index in [-0.39, 0.29) is 11.6 Å². The standard InChI is InChI=1S/C10H4N6O/c17-9-6-4-2-1-3-5(6)7-8(9)11-10-12-14-15-16(10)13-7/h1-4H. The lowest BCUT2D eigenvalue weighted by Crippen LogP contribution is -2.04. The molecule has 0 spiro atoms. The largest absolute Gasteiger partial charge is 0.292 e. The van der Waals surface area contributed by atoms with Crippen LogP contribution in [0.5, 0.6) is 0 Å². The van der Waals surface area contributed by atoms with E-state index in [1.807, 2.05) is 18.2 Å². The Labute approximate surface area is 94.1 Å². The molecule has 0 saturated carbocycles. The van der Waals surface area contributed by atoms with Crippen LogP contribution in [0.1, 0.15) is 16.1 Å². The van der Waals surface area contributed by atoms with E-state index in [1.165, 1.54) is 4.63 Å². The number of hydrogen-bond acceptors (Lipinski definition) is 6. The zero-order valence-corrected chi connectivity index (χ0v) is 8.40. The third-order valence-electron chi connectivity index (χ3n) is 2.71. The van der Waals surface area contributed by atoms with Gasteiger partial charge >= 0.3 is 0 Å². The molecule has 7 heteroatoms. The number of ketones is 1. The molecule has 0 unspecified atom stereocenters. The van der Waals surface area contributed by atoms with Crippen molar-refractivity contribution >= 4 is 11.6 Å². The molecule has 1 aliphatic carbocycles. The van der Waals surface area contributed by atoms with E-state index < -0.39 is 0 Å². The van der Waals surface area contributed by atoms with Crippen molar-refractivity contribution in [2.75, 3.05) is 0 Å². The van der Waals surface area contributed by atoms with Gasteiger partial charge in [0.25, 0.3) is 5.78 Å². The molecular formula is C10H4N6O. The normalized spacial score (nSPS) is 12.8. The lowest BCUT2D eigenvalue weighted by atomic mass is 10.1. The van der Waals surface area contributed by atoms with Gasteiger partial charge in [0.05, 0.1) is 0 Å². The van der Waals surface area contributed by atoms with Gasteiger partial charge < -0.3 is 0 Å². The third kappa shape index (κ3) is 0.949. The number of carbonyl (C=O) groups excluding carboxylic acids is 1. The highest BCUT2D eigenvalue weighted by Gasteiger charge is 2.30. The van der Waals surface area contributed by atoms with Crippen molar-refractivity contribution in [3.63, 3.8) is 0 Å². The maximum atomic E-state index is 12.1. The Hall–Kier alpha value is -2.70. The summed E-state index contributed by atoms with van der Waals surface area (Å²) >= 11 is 0. The molecule has 17 heavy (non-hydrogen) atoms. The molecule has 0 radical (unpaired) electrons. The molecule has 7 nitrogen and oxygen atoms in total. The summed E-state index contributed by atoms with van der Waals surface area (Å²) in [5, 5.41) is 15.0. The van der Waals surface area contributed by atoms with Crippen LogP contribution in [-0.2, 0) is 0 Å². The van der Waals surface area contributed by atoms with Gasteiger partial charge in [-0.3, -0.25) is 4.79 Å². The summed E-state index contributed by atoms with van der Waals surface area (Å²) in [6.45, 7) is 0. The molecule has 1 aromatic carbocycles. The first-order chi connectivity index (χ1) is 8.34. The quantitative estimate of drug-likeness (QED) is 0.422. The average Bonchev–Trinajstić information content (AvgIpc) is 2.92. The van der Waals surface area contributed by atoms with Crippen LogP contribution in [-0.4, -0.2) is 36.0 Å². The number of hydrogen-bond donors (Lipinski definition) is 0. The maximum absolute atomic E-state index is 12.1. The highest BCUT2D eigenvalue weighted by atomic mass is 16.1. The van der Waals surface area contributed by atoms with E-state index in [0.717, 1.165) is 5.56 Å². The van der Waals surface area contributed by atoms with Crippen molar-refractivity contribution in [3.8, 4) is 11.3 Å². The molecule has 80 valence electrons. The number of tetrazole rings is 1. The monoisotopic (exact) mass is 224 g/mol. The molecule has 0 aliphatic heterocycles. The molecule has 0 saturated heterocycles. The summed E-state index contributed by atoms with van der Waals surface area (Å²) in [4.78, 5) is 16.2. The number of nitrogens with zero attached hydrogens (tertiary/aromatic N) is 6. The van der Waals surface area contributed by atoms with Crippen molar-refractivity contribution in [2.45, 2.75) is 0 Å². The zero-order valence-electron chi connectivity index (χ0n) is 8.40. The number of aromatic nitrogens is 6. The topological polar surface area (TPSA) is 85.9 Å². The first-order valence-electron chi connectivity index (χ1n) is 4.95. The van der Waals surface area contributed by atoms with Crippen LogP contribution in [0.15, 0.2) is 24.3 Å². The fraction of sp³-hybridized carbons (Fsp3) is 0. The van der Waals surface area contributed by atoms with Crippen LogP contribution in [0.4, 0.5) is 0 Å². The van der Waals surface area contributed by atoms with E-state index in [9.17, 15) is 4.79 Å². The minimum Gasteiger partial charge on any atom is -0.287 e. The van der Waals surface area contributed by atoms with Crippen molar-refractivity contribution in [3.05, 3.63) is 35.5 Å². The van der Waals surface area contributed by atoms with Crippen LogP contribution in [0, 0.1) is 0 Å². The minimum atomic E-state index is -0.131. The van der Waals surface area contributed by atoms with Gasteiger partial charge in [-0.1, -0.05) is 34.0 Å². The molecule has 3 aromatic rings. The van der Waals surface area contributed by atoms with Crippen molar-refractivity contribution in [1.29, 1.82) is 0 Å². The molecule has 0 fully saturated rings. The SMILES string of the molecule is O=C1c2ccccc2-c2nn3nnnc3nc21. The van der Waals surface area contributed by atoms with E-state index in [2.05, 4.69) is 25.6 Å². The minimum absolute atomic E-state index is 0.131. The van der Waals surface area contributed by atoms with E-state index in [1.54, 1.807) is 6.07 Å². The van der Waals surface area contributed by atoms with Crippen molar-refractivity contribution < 1.29 is 4.79 Å².